The van der Waals surface area contributed by atoms with Crippen molar-refractivity contribution in [1.82, 2.24) is 9.78 Å². The minimum atomic E-state index is -0.449. The van der Waals surface area contributed by atoms with Gasteiger partial charge in [-0.25, -0.2) is 0 Å². The number of nitrogens with zero attached hydrogens (tertiary/aromatic N) is 2. The van der Waals surface area contributed by atoms with Crippen LogP contribution in [0.25, 0.3) is 0 Å². The van der Waals surface area contributed by atoms with Crippen molar-refractivity contribution in [3.8, 4) is 0 Å². The first-order valence-corrected chi connectivity index (χ1v) is 5.12. The minimum absolute atomic E-state index is 0.240. The second kappa shape index (κ2) is 4.13. The molecule has 1 N–H and O–H groups in total. The van der Waals surface area contributed by atoms with Crippen LogP contribution >= 0.6 is 0 Å². The van der Waals surface area contributed by atoms with Crippen LogP contribution in [0.15, 0.2) is 6.07 Å². The lowest BCUT2D eigenvalue weighted by Gasteiger charge is -2.20. The molecule has 0 aromatic carbocycles. The molecular formula is C11H20N2O. The Balaban J connectivity index is 2.83. The van der Waals surface area contributed by atoms with Crippen molar-refractivity contribution >= 4 is 0 Å². The Bertz CT molecular complexity index is 285. The maximum Gasteiger partial charge on any atom is 0.101 e. The van der Waals surface area contributed by atoms with Crippen LogP contribution in [0.1, 0.15) is 38.3 Å². The highest BCUT2D eigenvalue weighted by Gasteiger charge is 2.21. The van der Waals surface area contributed by atoms with Gasteiger partial charge >= 0.3 is 0 Å². The fraction of sp³-hybridized carbons (Fsp3) is 0.727. The summed E-state index contributed by atoms with van der Waals surface area (Å²) in [5.41, 5.74) is 1.86. The van der Waals surface area contributed by atoms with Gasteiger partial charge in [-0.3, -0.25) is 4.68 Å². The van der Waals surface area contributed by atoms with E-state index >= 15 is 0 Å². The maximum absolute atomic E-state index is 10.0. The fourth-order valence-electron chi connectivity index (χ4n) is 1.37. The van der Waals surface area contributed by atoms with E-state index in [2.05, 4.69) is 25.9 Å². The van der Waals surface area contributed by atoms with Crippen molar-refractivity contribution in [2.45, 2.75) is 33.8 Å². The summed E-state index contributed by atoms with van der Waals surface area (Å²) in [6.07, 6.45) is -0.449. The molecular weight excluding hydrogens is 176 g/mol. The molecule has 0 aliphatic rings. The van der Waals surface area contributed by atoms with Crippen LogP contribution in [0.5, 0.6) is 0 Å². The monoisotopic (exact) mass is 196 g/mol. The first kappa shape index (κ1) is 11.2. The molecule has 80 valence electrons. The van der Waals surface area contributed by atoms with Gasteiger partial charge in [0.1, 0.15) is 6.10 Å². The molecule has 0 bridgehead atoms. The average molecular weight is 196 g/mol. The summed E-state index contributed by atoms with van der Waals surface area (Å²) in [5.74, 6) is 0.705. The molecule has 1 rings (SSSR count). The third kappa shape index (κ3) is 2.15. The highest BCUT2D eigenvalue weighted by Crippen LogP contribution is 2.26. The number of aryl methyl sites for hydroxylation is 2. The van der Waals surface area contributed by atoms with Gasteiger partial charge < -0.3 is 5.11 Å². The summed E-state index contributed by atoms with van der Waals surface area (Å²) in [6.45, 7) is 8.27. The van der Waals surface area contributed by atoms with E-state index in [1.807, 2.05) is 20.0 Å². The fourth-order valence-corrected chi connectivity index (χ4v) is 1.37. The zero-order valence-electron chi connectivity index (χ0n) is 9.65. The molecule has 3 nitrogen and oxygen atoms in total. The topological polar surface area (TPSA) is 38.1 Å². The molecule has 0 aliphatic heterocycles. The first-order valence-electron chi connectivity index (χ1n) is 5.12. The summed E-state index contributed by atoms with van der Waals surface area (Å²) >= 11 is 0. The van der Waals surface area contributed by atoms with E-state index in [-0.39, 0.29) is 5.92 Å². The number of hydrogen-bond donors (Lipinski definition) is 1. The van der Waals surface area contributed by atoms with Gasteiger partial charge in [0.05, 0.1) is 5.69 Å². The highest BCUT2D eigenvalue weighted by atomic mass is 16.3. The molecule has 0 saturated carbocycles. The molecule has 0 spiro atoms. The van der Waals surface area contributed by atoms with Crippen molar-refractivity contribution in [3.63, 3.8) is 0 Å². The standard InChI is InChI=1S/C11H20N2O/c1-7(2)9(4)11(14)10-6-8(3)13(5)12-10/h6-7,9,11,14H,1-5H3. The van der Waals surface area contributed by atoms with E-state index in [1.165, 1.54) is 0 Å². The predicted molar refractivity (Wildman–Crippen MR) is 56.9 cm³/mol. The van der Waals surface area contributed by atoms with E-state index < -0.39 is 6.10 Å². The zero-order chi connectivity index (χ0) is 10.9. The lowest BCUT2D eigenvalue weighted by molar-refractivity contribution is 0.0877. The maximum atomic E-state index is 10.0. The highest BCUT2D eigenvalue weighted by molar-refractivity contribution is 5.11. The number of aliphatic hydroxyl groups excluding tert-OH is 1. The molecule has 1 aromatic heterocycles. The number of rotatable bonds is 3. The SMILES string of the molecule is Cc1cc(C(O)C(C)C(C)C)nn1C. The third-order valence-corrected chi connectivity index (χ3v) is 2.99. The molecule has 3 heteroatoms. The lowest BCUT2D eigenvalue weighted by atomic mass is 9.90. The van der Waals surface area contributed by atoms with Gasteiger partial charge in [-0.05, 0) is 24.8 Å². The largest absolute Gasteiger partial charge is 0.386 e. The molecule has 0 aliphatic carbocycles. The predicted octanol–water partition coefficient (Wildman–Crippen LogP) is 2.05. The van der Waals surface area contributed by atoms with Crippen molar-refractivity contribution in [3.05, 3.63) is 17.5 Å². The Hall–Kier alpha value is -0.830. The van der Waals surface area contributed by atoms with Crippen LogP contribution in [0.4, 0.5) is 0 Å². The van der Waals surface area contributed by atoms with E-state index in [4.69, 9.17) is 0 Å². The molecule has 2 atom stereocenters. The van der Waals surface area contributed by atoms with Crippen LogP contribution in [0.3, 0.4) is 0 Å². The summed E-state index contributed by atoms with van der Waals surface area (Å²) < 4.78 is 1.80. The number of aliphatic hydroxyl groups is 1. The second-order valence-electron chi connectivity index (χ2n) is 4.38. The zero-order valence-corrected chi connectivity index (χ0v) is 9.65. The van der Waals surface area contributed by atoms with Crippen molar-refractivity contribution in [2.75, 3.05) is 0 Å². The molecule has 0 saturated heterocycles. The molecule has 0 radical (unpaired) electrons. The second-order valence-corrected chi connectivity index (χ2v) is 4.38. The van der Waals surface area contributed by atoms with Gasteiger partial charge in [-0.15, -0.1) is 0 Å². The minimum Gasteiger partial charge on any atom is -0.386 e. The average Bonchev–Trinajstić information content (AvgIpc) is 2.44. The van der Waals surface area contributed by atoms with Gasteiger partial charge in [-0.1, -0.05) is 20.8 Å². The first-order chi connectivity index (χ1) is 6.43. The van der Waals surface area contributed by atoms with Gasteiger partial charge in [0.15, 0.2) is 0 Å². The van der Waals surface area contributed by atoms with Gasteiger partial charge in [-0.2, -0.15) is 5.10 Å². The van der Waals surface area contributed by atoms with E-state index in [9.17, 15) is 5.11 Å². The summed E-state index contributed by atoms with van der Waals surface area (Å²) in [7, 11) is 1.89. The van der Waals surface area contributed by atoms with E-state index in [1.54, 1.807) is 4.68 Å². The molecule has 1 aromatic rings. The summed E-state index contributed by atoms with van der Waals surface area (Å²) in [5, 5.41) is 14.3. The van der Waals surface area contributed by atoms with E-state index in [0.29, 0.717) is 5.92 Å². The molecule has 0 fully saturated rings. The van der Waals surface area contributed by atoms with Crippen LogP contribution in [0, 0.1) is 18.8 Å². The quantitative estimate of drug-likeness (QED) is 0.803. The van der Waals surface area contributed by atoms with Gasteiger partial charge in [0.2, 0.25) is 0 Å². The molecule has 1 heterocycles. The Morgan fingerprint density at radius 2 is 1.93 bits per heavy atom. The van der Waals surface area contributed by atoms with Crippen molar-refractivity contribution < 1.29 is 5.11 Å². The molecule has 2 unspecified atom stereocenters. The lowest BCUT2D eigenvalue weighted by Crippen LogP contribution is -2.15. The molecule has 0 amide bonds. The van der Waals surface area contributed by atoms with Crippen molar-refractivity contribution in [1.29, 1.82) is 0 Å². The Morgan fingerprint density at radius 3 is 2.29 bits per heavy atom. The third-order valence-electron chi connectivity index (χ3n) is 2.99. The Labute approximate surface area is 85.8 Å². The van der Waals surface area contributed by atoms with Gasteiger partial charge in [0, 0.05) is 12.7 Å². The number of aromatic nitrogens is 2. The number of hydrogen-bond acceptors (Lipinski definition) is 2. The van der Waals surface area contributed by atoms with Crippen LogP contribution < -0.4 is 0 Å². The normalized spacial score (nSPS) is 15.9. The van der Waals surface area contributed by atoms with Crippen LogP contribution in [0.2, 0.25) is 0 Å². The smallest absolute Gasteiger partial charge is 0.101 e. The summed E-state index contributed by atoms with van der Waals surface area (Å²) in [4.78, 5) is 0. The van der Waals surface area contributed by atoms with Crippen LogP contribution in [-0.4, -0.2) is 14.9 Å². The Morgan fingerprint density at radius 1 is 1.36 bits per heavy atom. The molecule has 14 heavy (non-hydrogen) atoms. The van der Waals surface area contributed by atoms with Crippen molar-refractivity contribution in [2.24, 2.45) is 18.9 Å². The van der Waals surface area contributed by atoms with Gasteiger partial charge in [0.25, 0.3) is 0 Å². The van der Waals surface area contributed by atoms with E-state index in [0.717, 1.165) is 11.4 Å². The summed E-state index contributed by atoms with van der Waals surface area (Å²) in [6, 6.07) is 1.95. The Kier molecular flexibility index (Phi) is 3.32. The van der Waals surface area contributed by atoms with Crippen LogP contribution in [-0.2, 0) is 7.05 Å².